The molecule has 7 heteroatoms. The first kappa shape index (κ1) is 15.0. The molecule has 0 spiro atoms. The zero-order valence-electron chi connectivity index (χ0n) is 11.6. The summed E-state index contributed by atoms with van der Waals surface area (Å²) >= 11 is 6.11. The highest BCUT2D eigenvalue weighted by molar-refractivity contribution is 6.32. The van der Waals surface area contributed by atoms with Gasteiger partial charge in [-0.05, 0) is 24.1 Å². The van der Waals surface area contributed by atoms with Crippen LogP contribution in [0.15, 0.2) is 24.3 Å². The zero-order valence-corrected chi connectivity index (χ0v) is 12.3. The van der Waals surface area contributed by atoms with Gasteiger partial charge in [0.2, 0.25) is 5.15 Å². The van der Waals surface area contributed by atoms with E-state index in [1.807, 2.05) is 19.9 Å². The lowest BCUT2D eigenvalue weighted by Gasteiger charge is -2.02. The molecule has 0 bridgehead atoms. The number of nitrogens with zero attached hydrogens (tertiary/aromatic N) is 4. The Morgan fingerprint density at radius 1 is 1.52 bits per heavy atom. The van der Waals surface area contributed by atoms with Crippen molar-refractivity contribution < 1.29 is 4.92 Å². The molecular weight excluding hydrogens is 292 g/mol. The van der Waals surface area contributed by atoms with Crippen LogP contribution in [0.5, 0.6) is 0 Å². The van der Waals surface area contributed by atoms with Crippen LogP contribution in [0.4, 0.5) is 5.69 Å². The van der Waals surface area contributed by atoms with E-state index in [-0.39, 0.29) is 16.8 Å². The highest BCUT2D eigenvalue weighted by Crippen LogP contribution is 2.32. The standard InChI is InChI=1S/C14H13ClN4O2/c1-9(2)6-12-13(19(20)21)14(15)18(17-12)11-5-3-4-10(7-11)8-16/h3-5,7,9H,6H2,1-2H3. The van der Waals surface area contributed by atoms with Gasteiger partial charge in [-0.25, -0.2) is 4.68 Å². The molecule has 1 heterocycles. The topological polar surface area (TPSA) is 84.8 Å². The maximum absolute atomic E-state index is 11.2. The predicted molar refractivity (Wildman–Crippen MR) is 78.5 cm³/mol. The fourth-order valence-electron chi connectivity index (χ4n) is 2.01. The highest BCUT2D eigenvalue weighted by atomic mass is 35.5. The Kier molecular flexibility index (Phi) is 4.24. The molecule has 0 saturated heterocycles. The molecule has 0 aliphatic carbocycles. The van der Waals surface area contributed by atoms with E-state index in [4.69, 9.17) is 16.9 Å². The minimum Gasteiger partial charge on any atom is -0.258 e. The summed E-state index contributed by atoms with van der Waals surface area (Å²) < 4.78 is 1.30. The highest BCUT2D eigenvalue weighted by Gasteiger charge is 2.27. The molecule has 0 saturated carbocycles. The molecular formula is C14H13ClN4O2. The third kappa shape index (κ3) is 3.03. The number of nitriles is 1. The van der Waals surface area contributed by atoms with E-state index in [2.05, 4.69) is 5.10 Å². The van der Waals surface area contributed by atoms with Crippen molar-refractivity contribution in [2.24, 2.45) is 5.92 Å². The van der Waals surface area contributed by atoms with Crippen molar-refractivity contribution in [3.8, 4) is 11.8 Å². The summed E-state index contributed by atoms with van der Waals surface area (Å²) in [4.78, 5) is 10.7. The van der Waals surface area contributed by atoms with Gasteiger partial charge >= 0.3 is 5.69 Å². The van der Waals surface area contributed by atoms with E-state index in [0.29, 0.717) is 23.4 Å². The Morgan fingerprint density at radius 3 is 2.81 bits per heavy atom. The SMILES string of the molecule is CC(C)Cc1nn(-c2cccc(C#N)c2)c(Cl)c1[N+](=O)[O-]. The van der Waals surface area contributed by atoms with Crippen LogP contribution in [0.1, 0.15) is 25.1 Å². The first-order valence-electron chi connectivity index (χ1n) is 6.36. The molecule has 1 aromatic carbocycles. The summed E-state index contributed by atoms with van der Waals surface area (Å²) in [5, 5.41) is 24.3. The lowest BCUT2D eigenvalue weighted by molar-refractivity contribution is -0.385. The fraction of sp³-hybridized carbons (Fsp3) is 0.286. The second-order valence-corrected chi connectivity index (χ2v) is 5.37. The fourth-order valence-corrected chi connectivity index (χ4v) is 2.33. The van der Waals surface area contributed by atoms with Crippen LogP contribution in [-0.2, 0) is 6.42 Å². The Morgan fingerprint density at radius 2 is 2.24 bits per heavy atom. The molecule has 0 amide bonds. The Balaban J connectivity index is 2.59. The van der Waals surface area contributed by atoms with Crippen molar-refractivity contribution in [2.45, 2.75) is 20.3 Å². The number of hydrogen-bond donors (Lipinski definition) is 0. The van der Waals surface area contributed by atoms with E-state index in [9.17, 15) is 10.1 Å². The van der Waals surface area contributed by atoms with Crippen molar-refractivity contribution in [3.05, 3.63) is 50.8 Å². The number of rotatable bonds is 4. The molecule has 0 radical (unpaired) electrons. The van der Waals surface area contributed by atoms with Crippen LogP contribution >= 0.6 is 11.6 Å². The van der Waals surface area contributed by atoms with Gasteiger partial charge in [-0.3, -0.25) is 10.1 Å². The molecule has 0 aliphatic rings. The van der Waals surface area contributed by atoms with E-state index in [1.54, 1.807) is 24.3 Å². The third-order valence-corrected chi connectivity index (χ3v) is 3.22. The van der Waals surface area contributed by atoms with E-state index < -0.39 is 4.92 Å². The summed E-state index contributed by atoms with van der Waals surface area (Å²) in [6.45, 7) is 3.90. The molecule has 0 N–H and O–H groups in total. The first-order chi connectivity index (χ1) is 9.93. The Bertz CT molecular complexity index is 731. The average Bonchev–Trinajstić information content (AvgIpc) is 2.74. The van der Waals surface area contributed by atoms with Gasteiger partial charge in [-0.2, -0.15) is 10.4 Å². The predicted octanol–water partition coefficient (Wildman–Crippen LogP) is 3.50. The average molecular weight is 305 g/mol. The summed E-state index contributed by atoms with van der Waals surface area (Å²) in [5.74, 6) is 0.216. The van der Waals surface area contributed by atoms with Crippen molar-refractivity contribution >= 4 is 17.3 Å². The van der Waals surface area contributed by atoms with Gasteiger partial charge < -0.3 is 0 Å². The minimum absolute atomic E-state index is 0.0502. The summed E-state index contributed by atoms with van der Waals surface area (Å²) in [6, 6.07) is 8.62. The quantitative estimate of drug-likeness (QED) is 0.639. The number of aromatic nitrogens is 2. The molecule has 21 heavy (non-hydrogen) atoms. The van der Waals surface area contributed by atoms with E-state index in [0.717, 1.165) is 0 Å². The van der Waals surface area contributed by atoms with E-state index in [1.165, 1.54) is 4.68 Å². The van der Waals surface area contributed by atoms with Crippen LogP contribution in [0.25, 0.3) is 5.69 Å². The molecule has 2 rings (SSSR count). The normalized spacial score (nSPS) is 10.6. The van der Waals surface area contributed by atoms with Gasteiger partial charge in [-0.1, -0.05) is 31.5 Å². The molecule has 0 fully saturated rings. The summed E-state index contributed by atoms with van der Waals surface area (Å²) in [6.07, 6.45) is 0.459. The van der Waals surface area contributed by atoms with Crippen molar-refractivity contribution in [2.75, 3.05) is 0 Å². The van der Waals surface area contributed by atoms with Crippen LogP contribution < -0.4 is 0 Å². The lowest BCUT2D eigenvalue weighted by Crippen LogP contribution is -2.00. The van der Waals surface area contributed by atoms with Gasteiger partial charge in [0, 0.05) is 6.42 Å². The van der Waals surface area contributed by atoms with Crippen LogP contribution in [0.2, 0.25) is 5.15 Å². The van der Waals surface area contributed by atoms with Crippen LogP contribution in [-0.4, -0.2) is 14.7 Å². The van der Waals surface area contributed by atoms with Crippen molar-refractivity contribution in [1.29, 1.82) is 5.26 Å². The minimum atomic E-state index is -0.516. The number of benzene rings is 1. The number of nitro groups is 1. The van der Waals surface area contributed by atoms with Gasteiger partial charge in [0.15, 0.2) is 0 Å². The molecule has 0 aliphatic heterocycles. The number of halogens is 1. The molecule has 1 aromatic heterocycles. The molecule has 2 aromatic rings. The van der Waals surface area contributed by atoms with Crippen molar-refractivity contribution in [3.63, 3.8) is 0 Å². The first-order valence-corrected chi connectivity index (χ1v) is 6.74. The van der Waals surface area contributed by atoms with Gasteiger partial charge in [-0.15, -0.1) is 0 Å². The Hall–Kier alpha value is -2.39. The van der Waals surface area contributed by atoms with Gasteiger partial charge in [0.1, 0.15) is 5.69 Å². The maximum Gasteiger partial charge on any atom is 0.329 e. The molecule has 0 unspecified atom stereocenters. The lowest BCUT2D eigenvalue weighted by atomic mass is 10.1. The van der Waals surface area contributed by atoms with Gasteiger partial charge in [0.05, 0.1) is 22.2 Å². The summed E-state index contributed by atoms with van der Waals surface area (Å²) in [5.41, 5.74) is 1.14. The third-order valence-electron chi connectivity index (χ3n) is 2.88. The molecule has 6 nitrogen and oxygen atoms in total. The Labute approximate surface area is 126 Å². The van der Waals surface area contributed by atoms with E-state index >= 15 is 0 Å². The zero-order chi connectivity index (χ0) is 15.6. The van der Waals surface area contributed by atoms with Crippen LogP contribution in [0.3, 0.4) is 0 Å². The van der Waals surface area contributed by atoms with Crippen molar-refractivity contribution in [1.82, 2.24) is 9.78 Å². The number of hydrogen-bond acceptors (Lipinski definition) is 4. The molecule has 0 atom stereocenters. The van der Waals surface area contributed by atoms with Gasteiger partial charge in [0.25, 0.3) is 0 Å². The second-order valence-electron chi connectivity index (χ2n) is 5.02. The largest absolute Gasteiger partial charge is 0.329 e. The second kappa shape index (κ2) is 5.94. The summed E-state index contributed by atoms with van der Waals surface area (Å²) in [7, 11) is 0. The maximum atomic E-state index is 11.2. The smallest absolute Gasteiger partial charge is 0.258 e. The van der Waals surface area contributed by atoms with Crippen LogP contribution in [0, 0.1) is 27.4 Å². The molecule has 108 valence electrons. The monoisotopic (exact) mass is 304 g/mol.